The van der Waals surface area contributed by atoms with Crippen molar-refractivity contribution < 1.29 is 28.6 Å². The van der Waals surface area contributed by atoms with Crippen LogP contribution in [0.2, 0.25) is 0 Å². The number of carbonyl (C=O) groups is 3. The second-order valence-electron chi connectivity index (χ2n) is 9.84. The normalized spacial score (nSPS) is 17.8. The SMILES string of the molecule is COC(=O)[C@H]1CCCC[C@@H]1NC(=O)c1ccc2ccc(OCCCNC(=O)OC(C)(C)C)cn2c1=O. The smallest absolute Gasteiger partial charge is 0.407 e. The highest BCUT2D eigenvalue weighted by molar-refractivity contribution is 5.94. The molecule has 1 aliphatic carbocycles. The molecule has 2 heterocycles. The molecule has 0 aliphatic heterocycles. The number of aromatic nitrogens is 1. The van der Waals surface area contributed by atoms with Gasteiger partial charge in [-0.15, -0.1) is 0 Å². The maximum absolute atomic E-state index is 13.1. The maximum atomic E-state index is 13.1. The fraction of sp³-hybridized carbons (Fsp3) is 0.538. The zero-order valence-corrected chi connectivity index (χ0v) is 21.3. The minimum absolute atomic E-state index is 0.0135. The number of carbonyl (C=O) groups excluding carboxylic acids is 3. The standard InChI is InChI=1S/C26H35N3O7/c1-26(2,3)36-25(33)27-14-7-15-35-18-12-10-17-11-13-20(23(31)29(17)16-18)22(30)28-21-9-6-5-8-19(21)24(32)34-4/h10-13,16,19,21H,5-9,14-15H2,1-4H3,(H,27,33)(H,28,30)/t19-,21-/m0/s1. The van der Waals surface area contributed by atoms with Crippen molar-refractivity contribution in [3.63, 3.8) is 0 Å². The Hall–Kier alpha value is -3.56. The van der Waals surface area contributed by atoms with Crippen LogP contribution in [0.15, 0.2) is 35.3 Å². The lowest BCUT2D eigenvalue weighted by molar-refractivity contribution is -0.147. The summed E-state index contributed by atoms with van der Waals surface area (Å²) in [6.07, 6.45) is 4.67. The number of ether oxygens (including phenoxy) is 3. The van der Waals surface area contributed by atoms with Gasteiger partial charge in [0, 0.05) is 18.1 Å². The number of rotatable bonds is 8. The first kappa shape index (κ1) is 27.0. The Morgan fingerprint density at radius 2 is 1.81 bits per heavy atom. The van der Waals surface area contributed by atoms with Crippen LogP contribution in [0.1, 0.15) is 63.2 Å². The number of methoxy groups -OCH3 is 1. The average molecular weight is 502 g/mol. The third kappa shape index (κ3) is 7.22. The van der Waals surface area contributed by atoms with Gasteiger partial charge in [-0.3, -0.25) is 18.8 Å². The largest absolute Gasteiger partial charge is 0.492 e. The van der Waals surface area contributed by atoms with Crippen LogP contribution in [0, 0.1) is 5.92 Å². The molecule has 2 N–H and O–H groups in total. The zero-order valence-electron chi connectivity index (χ0n) is 21.3. The summed E-state index contributed by atoms with van der Waals surface area (Å²) >= 11 is 0. The molecule has 0 radical (unpaired) electrons. The van der Waals surface area contributed by atoms with Crippen molar-refractivity contribution in [2.45, 2.75) is 64.5 Å². The monoisotopic (exact) mass is 501 g/mol. The summed E-state index contributed by atoms with van der Waals surface area (Å²) in [5, 5.41) is 5.52. The van der Waals surface area contributed by atoms with E-state index >= 15 is 0 Å². The highest BCUT2D eigenvalue weighted by Gasteiger charge is 2.33. The Bertz CT molecular complexity index is 1150. The number of esters is 1. The van der Waals surface area contributed by atoms with Gasteiger partial charge in [0.15, 0.2) is 0 Å². The van der Waals surface area contributed by atoms with Gasteiger partial charge in [0.05, 0.1) is 25.8 Å². The van der Waals surface area contributed by atoms with Crippen molar-refractivity contribution in [2.24, 2.45) is 5.92 Å². The molecule has 36 heavy (non-hydrogen) atoms. The minimum atomic E-state index is -0.561. The molecule has 2 aromatic rings. The van der Waals surface area contributed by atoms with Crippen LogP contribution < -0.4 is 20.9 Å². The summed E-state index contributed by atoms with van der Waals surface area (Å²) in [6.45, 7) is 6.07. The van der Waals surface area contributed by atoms with E-state index in [1.807, 2.05) is 0 Å². The number of pyridine rings is 2. The van der Waals surface area contributed by atoms with Gasteiger partial charge in [-0.1, -0.05) is 12.8 Å². The molecule has 10 heteroatoms. The maximum Gasteiger partial charge on any atom is 0.407 e. The summed E-state index contributed by atoms with van der Waals surface area (Å²) in [7, 11) is 1.34. The second kappa shape index (κ2) is 11.9. The Kier molecular flexibility index (Phi) is 8.95. The lowest BCUT2D eigenvalue weighted by Crippen LogP contribution is -2.46. The molecule has 1 fully saturated rings. The third-order valence-corrected chi connectivity index (χ3v) is 5.91. The Morgan fingerprint density at radius 1 is 1.08 bits per heavy atom. The Labute approximate surface area is 210 Å². The molecule has 1 aliphatic rings. The van der Waals surface area contributed by atoms with E-state index in [2.05, 4.69) is 10.6 Å². The molecule has 0 saturated heterocycles. The summed E-state index contributed by atoms with van der Waals surface area (Å²) < 4.78 is 17.1. The number of hydrogen-bond donors (Lipinski definition) is 2. The highest BCUT2D eigenvalue weighted by Crippen LogP contribution is 2.25. The van der Waals surface area contributed by atoms with Gasteiger partial charge in [-0.2, -0.15) is 0 Å². The quantitative estimate of drug-likeness (QED) is 0.421. The number of nitrogens with zero attached hydrogens (tertiary/aromatic N) is 1. The lowest BCUT2D eigenvalue weighted by Gasteiger charge is -2.30. The fourth-order valence-electron chi connectivity index (χ4n) is 4.18. The van der Waals surface area contributed by atoms with Crippen LogP contribution in [0.3, 0.4) is 0 Å². The van der Waals surface area contributed by atoms with Gasteiger partial charge >= 0.3 is 12.1 Å². The van der Waals surface area contributed by atoms with Gasteiger partial charge in [0.2, 0.25) is 0 Å². The Balaban J connectivity index is 1.62. The molecule has 196 valence electrons. The van der Waals surface area contributed by atoms with Crippen LogP contribution >= 0.6 is 0 Å². The van der Waals surface area contributed by atoms with Gasteiger partial charge in [0.1, 0.15) is 16.9 Å². The molecule has 3 rings (SSSR count). The first-order chi connectivity index (χ1) is 17.1. The number of hydrogen-bond acceptors (Lipinski definition) is 7. The van der Waals surface area contributed by atoms with Gasteiger partial charge < -0.3 is 24.8 Å². The molecule has 0 spiro atoms. The molecule has 2 amide bonds. The van der Waals surface area contributed by atoms with Gasteiger partial charge in [-0.25, -0.2) is 4.79 Å². The minimum Gasteiger partial charge on any atom is -0.492 e. The molecule has 1 saturated carbocycles. The summed E-state index contributed by atoms with van der Waals surface area (Å²) in [5.74, 6) is -0.828. The van der Waals surface area contributed by atoms with E-state index in [1.54, 1.807) is 39.0 Å². The van der Waals surface area contributed by atoms with Crippen LogP contribution in [-0.4, -0.2) is 54.3 Å². The highest BCUT2D eigenvalue weighted by atomic mass is 16.6. The summed E-state index contributed by atoms with van der Waals surface area (Å²) in [5.41, 5.74) is -0.442. The number of alkyl carbamates (subject to hydrolysis) is 1. The first-order valence-corrected chi connectivity index (χ1v) is 12.2. The van der Waals surface area contributed by atoms with Crippen LogP contribution in [0.5, 0.6) is 5.75 Å². The molecule has 2 atom stereocenters. The molecule has 0 bridgehead atoms. The predicted molar refractivity (Wildman–Crippen MR) is 133 cm³/mol. The summed E-state index contributed by atoms with van der Waals surface area (Å²) in [6, 6.07) is 6.27. The van der Waals surface area contributed by atoms with Crippen molar-refractivity contribution in [1.29, 1.82) is 0 Å². The van der Waals surface area contributed by atoms with E-state index in [0.29, 0.717) is 43.7 Å². The average Bonchev–Trinajstić information content (AvgIpc) is 2.83. The second-order valence-corrected chi connectivity index (χ2v) is 9.84. The van der Waals surface area contributed by atoms with E-state index < -0.39 is 29.1 Å². The van der Waals surface area contributed by atoms with E-state index in [1.165, 1.54) is 23.8 Å². The van der Waals surface area contributed by atoms with Crippen molar-refractivity contribution in [3.8, 4) is 5.75 Å². The molecular weight excluding hydrogens is 466 g/mol. The van der Waals surface area contributed by atoms with Gasteiger partial charge in [-0.05, 0) is 64.3 Å². The van der Waals surface area contributed by atoms with Crippen molar-refractivity contribution >= 4 is 23.5 Å². The van der Waals surface area contributed by atoms with Gasteiger partial charge in [0.25, 0.3) is 11.5 Å². The van der Waals surface area contributed by atoms with E-state index in [0.717, 1.165) is 12.8 Å². The summed E-state index contributed by atoms with van der Waals surface area (Å²) in [4.78, 5) is 49.8. The van der Waals surface area contributed by atoms with E-state index in [4.69, 9.17) is 14.2 Å². The van der Waals surface area contributed by atoms with Crippen LogP contribution in [0.25, 0.3) is 5.52 Å². The van der Waals surface area contributed by atoms with Crippen molar-refractivity contribution in [1.82, 2.24) is 15.0 Å². The van der Waals surface area contributed by atoms with Crippen LogP contribution in [0.4, 0.5) is 4.79 Å². The topological polar surface area (TPSA) is 124 Å². The molecule has 0 unspecified atom stereocenters. The number of amides is 2. The molecular formula is C26H35N3O7. The van der Waals surface area contributed by atoms with Crippen molar-refractivity contribution in [3.05, 3.63) is 46.4 Å². The third-order valence-electron chi connectivity index (χ3n) is 5.91. The first-order valence-electron chi connectivity index (χ1n) is 12.2. The zero-order chi connectivity index (χ0) is 26.3. The lowest BCUT2D eigenvalue weighted by atomic mass is 9.84. The van der Waals surface area contributed by atoms with Crippen molar-refractivity contribution in [2.75, 3.05) is 20.3 Å². The van der Waals surface area contributed by atoms with Crippen LogP contribution in [-0.2, 0) is 14.3 Å². The molecule has 2 aromatic heterocycles. The number of nitrogens with one attached hydrogen (secondary N) is 2. The van der Waals surface area contributed by atoms with E-state index in [9.17, 15) is 19.2 Å². The van der Waals surface area contributed by atoms with E-state index in [-0.39, 0.29) is 17.6 Å². The fourth-order valence-corrected chi connectivity index (χ4v) is 4.18. The predicted octanol–water partition coefficient (Wildman–Crippen LogP) is 3.05. The molecule has 10 nitrogen and oxygen atoms in total. The number of fused-ring (bicyclic) bond motifs is 1. The Morgan fingerprint density at radius 3 is 2.53 bits per heavy atom. The molecule has 0 aromatic carbocycles.